The van der Waals surface area contributed by atoms with Crippen molar-refractivity contribution >= 4 is 27.5 Å². The number of amides is 2. The van der Waals surface area contributed by atoms with Gasteiger partial charge in [-0.2, -0.15) is 4.31 Å². The van der Waals surface area contributed by atoms with Crippen molar-refractivity contribution in [2.75, 3.05) is 18.4 Å². The summed E-state index contributed by atoms with van der Waals surface area (Å²) < 4.78 is 34.9. The Kier molecular flexibility index (Phi) is 7.88. The van der Waals surface area contributed by atoms with E-state index in [2.05, 4.69) is 22.1 Å². The lowest BCUT2D eigenvalue weighted by Gasteiger charge is -2.53. The minimum absolute atomic E-state index is 0.135. The van der Waals surface area contributed by atoms with Crippen molar-refractivity contribution < 1.29 is 22.4 Å². The first-order valence-electron chi connectivity index (χ1n) is 13.0. The molecule has 1 aromatic heterocycles. The minimum atomic E-state index is -3.88. The molecule has 1 aromatic carbocycles. The molecule has 2 saturated heterocycles. The minimum Gasteiger partial charge on any atom is -0.455 e. The average Bonchev–Trinajstić information content (AvgIpc) is 3.50. The number of anilines is 1. The molecule has 2 aliphatic rings. The highest BCUT2D eigenvalue weighted by molar-refractivity contribution is 7.89. The molecule has 2 aliphatic heterocycles. The number of nitrogens with one attached hydrogen (secondary N) is 2. The Morgan fingerprint density at radius 3 is 2.21 bits per heavy atom. The van der Waals surface area contributed by atoms with Crippen LogP contribution in [-0.4, -0.2) is 59.6 Å². The van der Waals surface area contributed by atoms with Gasteiger partial charge in [-0.3, -0.25) is 14.5 Å². The van der Waals surface area contributed by atoms with Crippen molar-refractivity contribution in [1.29, 1.82) is 0 Å². The summed E-state index contributed by atoms with van der Waals surface area (Å²) >= 11 is 0. The Balaban J connectivity index is 1.46. The molecule has 0 spiro atoms. The SMILES string of the molecule is C=CC(=O)NC1CC(C)(C)N(S(=O)(=O)c2ccc(NC(=O)c3ccc(CN4CCCC4)o3)cc2)C(C)(C)C1. The fourth-order valence-corrected chi connectivity index (χ4v) is 8.17. The van der Waals surface area contributed by atoms with Gasteiger partial charge in [-0.1, -0.05) is 6.58 Å². The van der Waals surface area contributed by atoms with Crippen LogP contribution in [0, 0.1) is 0 Å². The second kappa shape index (κ2) is 10.7. The van der Waals surface area contributed by atoms with Crippen LogP contribution < -0.4 is 10.6 Å². The summed E-state index contributed by atoms with van der Waals surface area (Å²) in [4.78, 5) is 27.0. The predicted octanol–water partition coefficient (Wildman–Crippen LogP) is 4.14. The van der Waals surface area contributed by atoms with Gasteiger partial charge in [-0.25, -0.2) is 8.42 Å². The number of furan rings is 1. The summed E-state index contributed by atoms with van der Waals surface area (Å²) in [6, 6.07) is 9.47. The maximum absolute atomic E-state index is 13.8. The molecular formula is C28H38N4O5S. The lowest BCUT2D eigenvalue weighted by atomic mass is 9.79. The first kappa shape index (κ1) is 28.1. The number of sulfonamides is 1. The molecule has 9 nitrogen and oxygen atoms in total. The summed E-state index contributed by atoms with van der Waals surface area (Å²) in [5, 5.41) is 5.70. The number of rotatable bonds is 8. The van der Waals surface area contributed by atoms with E-state index >= 15 is 0 Å². The lowest BCUT2D eigenvalue weighted by molar-refractivity contribution is -0.118. The third-order valence-electron chi connectivity index (χ3n) is 7.24. The predicted molar refractivity (Wildman–Crippen MR) is 146 cm³/mol. The molecule has 10 heteroatoms. The number of carbonyl (C=O) groups is 2. The monoisotopic (exact) mass is 542 g/mol. The van der Waals surface area contributed by atoms with Gasteiger partial charge in [0.25, 0.3) is 5.91 Å². The smallest absolute Gasteiger partial charge is 0.291 e. The molecule has 38 heavy (non-hydrogen) atoms. The Morgan fingerprint density at radius 2 is 1.63 bits per heavy atom. The molecule has 2 fully saturated rings. The molecule has 0 aliphatic carbocycles. The van der Waals surface area contributed by atoms with E-state index < -0.39 is 21.1 Å². The van der Waals surface area contributed by atoms with Gasteiger partial charge in [0.05, 0.1) is 11.4 Å². The topological polar surface area (TPSA) is 112 Å². The largest absolute Gasteiger partial charge is 0.455 e. The molecule has 2 amide bonds. The Bertz CT molecular complexity index is 1270. The summed E-state index contributed by atoms with van der Waals surface area (Å²) in [5.41, 5.74) is -1.03. The Morgan fingerprint density at radius 1 is 1.03 bits per heavy atom. The molecule has 206 valence electrons. The summed E-state index contributed by atoms with van der Waals surface area (Å²) in [6.45, 7) is 13.7. The molecule has 4 rings (SSSR count). The van der Waals surface area contributed by atoms with E-state index in [9.17, 15) is 18.0 Å². The van der Waals surface area contributed by atoms with E-state index in [0.29, 0.717) is 25.1 Å². The third-order valence-corrected chi connectivity index (χ3v) is 9.57. The number of hydrogen-bond acceptors (Lipinski definition) is 6. The fourth-order valence-electron chi connectivity index (χ4n) is 6.03. The number of nitrogens with zero attached hydrogens (tertiary/aromatic N) is 2. The van der Waals surface area contributed by atoms with Crippen LogP contribution >= 0.6 is 0 Å². The molecular weight excluding hydrogens is 504 g/mol. The quantitative estimate of drug-likeness (QED) is 0.485. The van der Waals surface area contributed by atoms with Gasteiger partial charge in [0.1, 0.15) is 5.76 Å². The van der Waals surface area contributed by atoms with Gasteiger partial charge >= 0.3 is 0 Å². The second-order valence-electron chi connectivity index (χ2n) is 11.4. The Labute approximate surface area is 225 Å². The lowest BCUT2D eigenvalue weighted by Crippen LogP contribution is -2.65. The molecule has 0 atom stereocenters. The van der Waals surface area contributed by atoms with Gasteiger partial charge in [0.15, 0.2) is 5.76 Å². The normalized spacial score (nSPS) is 20.2. The van der Waals surface area contributed by atoms with E-state index in [-0.39, 0.29) is 28.5 Å². The zero-order valence-corrected chi connectivity index (χ0v) is 23.4. The number of piperidine rings is 1. The van der Waals surface area contributed by atoms with Crippen molar-refractivity contribution in [1.82, 2.24) is 14.5 Å². The van der Waals surface area contributed by atoms with Crippen LogP contribution in [0.25, 0.3) is 0 Å². The van der Waals surface area contributed by atoms with E-state index in [1.807, 2.05) is 33.8 Å². The molecule has 0 unspecified atom stereocenters. The van der Waals surface area contributed by atoms with Gasteiger partial charge < -0.3 is 15.1 Å². The number of likely N-dealkylation sites (tertiary alicyclic amines) is 1. The molecule has 0 radical (unpaired) electrons. The first-order valence-corrected chi connectivity index (χ1v) is 14.5. The highest BCUT2D eigenvalue weighted by Crippen LogP contribution is 2.42. The van der Waals surface area contributed by atoms with Crippen molar-refractivity contribution in [3.63, 3.8) is 0 Å². The van der Waals surface area contributed by atoms with Crippen molar-refractivity contribution in [3.8, 4) is 0 Å². The highest BCUT2D eigenvalue weighted by Gasteiger charge is 2.51. The van der Waals surface area contributed by atoms with E-state index in [0.717, 1.165) is 18.8 Å². The van der Waals surface area contributed by atoms with Gasteiger partial charge in [0, 0.05) is 22.8 Å². The summed E-state index contributed by atoms with van der Waals surface area (Å²) in [7, 11) is -3.88. The van der Waals surface area contributed by atoms with Crippen LogP contribution in [0.1, 0.15) is 69.7 Å². The second-order valence-corrected chi connectivity index (χ2v) is 13.2. The molecule has 0 bridgehead atoms. The zero-order chi connectivity index (χ0) is 27.7. The first-order chi connectivity index (χ1) is 17.8. The van der Waals surface area contributed by atoms with Crippen LogP contribution in [0.15, 0.2) is 58.4 Å². The Hall–Kier alpha value is -2.95. The maximum Gasteiger partial charge on any atom is 0.291 e. The summed E-state index contributed by atoms with van der Waals surface area (Å²) in [6.07, 6.45) is 4.52. The van der Waals surface area contributed by atoms with Crippen molar-refractivity contribution in [2.45, 2.75) is 81.9 Å². The van der Waals surface area contributed by atoms with E-state index in [4.69, 9.17) is 4.42 Å². The molecule has 2 aromatic rings. The van der Waals surface area contributed by atoms with Gasteiger partial charge in [-0.05, 0) is 109 Å². The van der Waals surface area contributed by atoms with Gasteiger partial charge in [-0.15, -0.1) is 0 Å². The van der Waals surface area contributed by atoms with Crippen LogP contribution in [0.4, 0.5) is 5.69 Å². The van der Waals surface area contributed by atoms with E-state index in [1.54, 1.807) is 22.5 Å². The highest BCUT2D eigenvalue weighted by atomic mass is 32.2. The van der Waals surface area contributed by atoms with Crippen LogP contribution in [0.3, 0.4) is 0 Å². The van der Waals surface area contributed by atoms with Crippen LogP contribution in [0.2, 0.25) is 0 Å². The van der Waals surface area contributed by atoms with E-state index in [1.165, 1.54) is 31.1 Å². The number of benzene rings is 1. The van der Waals surface area contributed by atoms with Crippen LogP contribution in [-0.2, 0) is 21.4 Å². The maximum atomic E-state index is 13.8. The average molecular weight is 543 g/mol. The summed E-state index contributed by atoms with van der Waals surface area (Å²) in [5.74, 6) is 0.300. The number of hydrogen-bond donors (Lipinski definition) is 2. The molecule has 2 N–H and O–H groups in total. The van der Waals surface area contributed by atoms with Gasteiger partial charge in [0.2, 0.25) is 15.9 Å². The zero-order valence-electron chi connectivity index (χ0n) is 22.6. The van der Waals surface area contributed by atoms with Crippen molar-refractivity contribution in [3.05, 3.63) is 60.6 Å². The standard InChI is InChI=1S/C28H38N4O5S/c1-6-25(33)29-21-17-27(2,3)32(28(4,5)18-21)38(35,36)23-12-9-20(10-13-23)30-26(34)24-14-11-22(37-24)19-31-15-7-8-16-31/h6,9-14,21H,1,7-8,15-19H2,2-5H3,(H,29,33)(H,30,34). The van der Waals surface area contributed by atoms with Crippen LogP contribution in [0.5, 0.6) is 0 Å². The molecule has 3 heterocycles. The molecule has 0 saturated carbocycles. The number of carbonyl (C=O) groups excluding carboxylic acids is 2. The van der Waals surface area contributed by atoms with Crippen molar-refractivity contribution in [2.24, 2.45) is 0 Å². The fraction of sp³-hybridized carbons (Fsp3) is 0.500. The third kappa shape index (κ3) is 6.03.